The summed E-state index contributed by atoms with van der Waals surface area (Å²) in [6.45, 7) is 2.06. The number of rotatable bonds is 5. The molecule has 1 aromatic heterocycles. The van der Waals surface area contributed by atoms with Crippen LogP contribution in [0.4, 0.5) is 5.69 Å². The molecule has 0 unspecified atom stereocenters. The molecule has 0 aliphatic rings. The molecule has 0 atom stereocenters. The van der Waals surface area contributed by atoms with Crippen molar-refractivity contribution in [3.05, 3.63) is 70.9 Å². The number of hydrogen-bond acceptors (Lipinski definition) is 3. The van der Waals surface area contributed by atoms with Gasteiger partial charge in [-0.05, 0) is 42.3 Å². The zero-order valence-corrected chi connectivity index (χ0v) is 14.6. The van der Waals surface area contributed by atoms with Crippen molar-refractivity contribution in [3.8, 4) is 6.07 Å². The van der Waals surface area contributed by atoms with Gasteiger partial charge in [0.15, 0.2) is 0 Å². The van der Waals surface area contributed by atoms with E-state index < -0.39 is 11.9 Å². The number of nitriles is 1. The lowest BCUT2D eigenvalue weighted by atomic mass is 10.1. The maximum absolute atomic E-state index is 12.4. The van der Waals surface area contributed by atoms with E-state index >= 15 is 0 Å². The smallest absolute Gasteiger partial charge is 0.335 e. The third-order valence-electron chi connectivity index (χ3n) is 4.27. The van der Waals surface area contributed by atoms with Crippen LogP contribution in [-0.2, 0) is 11.2 Å². The lowest BCUT2D eigenvalue weighted by Gasteiger charge is -2.05. The van der Waals surface area contributed by atoms with Gasteiger partial charge in [0.05, 0.1) is 5.56 Å². The number of hydrogen-bond donors (Lipinski definition) is 3. The number of anilines is 1. The number of carbonyl (C=O) groups excluding carboxylic acids is 1. The number of aromatic nitrogens is 1. The largest absolute Gasteiger partial charge is 0.478 e. The lowest BCUT2D eigenvalue weighted by Crippen LogP contribution is -2.13. The fourth-order valence-corrected chi connectivity index (χ4v) is 2.85. The number of H-pyrrole nitrogens is 1. The summed E-state index contributed by atoms with van der Waals surface area (Å²) in [5.74, 6) is -1.60. The van der Waals surface area contributed by atoms with Gasteiger partial charge in [0, 0.05) is 28.4 Å². The number of nitrogens with one attached hydrogen (secondary N) is 2. The standard InChI is InChI=1S/C21H17N3O3/c1-2-13-4-3-5-18-16(12-23-19(13)18)10-15(11-22)20(25)24-17-8-6-14(7-9-17)21(26)27/h3-10,12,23H,2H2,1H3,(H,24,25)(H,26,27)/b15-10+. The SMILES string of the molecule is CCc1cccc2c(/C=C(\C#N)C(=O)Nc3ccc(C(=O)O)cc3)c[nH]c12. The molecule has 134 valence electrons. The van der Waals surface area contributed by atoms with Gasteiger partial charge in [-0.25, -0.2) is 4.79 Å². The van der Waals surface area contributed by atoms with Gasteiger partial charge in [0.2, 0.25) is 0 Å². The summed E-state index contributed by atoms with van der Waals surface area (Å²) in [4.78, 5) is 26.5. The highest BCUT2D eigenvalue weighted by Crippen LogP contribution is 2.24. The molecule has 1 amide bonds. The molecule has 27 heavy (non-hydrogen) atoms. The number of amides is 1. The molecule has 3 N–H and O–H groups in total. The zero-order valence-electron chi connectivity index (χ0n) is 14.6. The highest BCUT2D eigenvalue weighted by atomic mass is 16.4. The highest BCUT2D eigenvalue weighted by Gasteiger charge is 2.12. The minimum Gasteiger partial charge on any atom is -0.478 e. The van der Waals surface area contributed by atoms with Crippen molar-refractivity contribution in [2.75, 3.05) is 5.32 Å². The van der Waals surface area contributed by atoms with Crippen LogP contribution < -0.4 is 5.32 Å². The predicted octanol–water partition coefficient (Wildman–Crippen LogP) is 3.97. The second kappa shape index (κ2) is 7.58. The molecule has 3 aromatic rings. The van der Waals surface area contributed by atoms with E-state index in [1.807, 2.05) is 24.3 Å². The van der Waals surface area contributed by atoms with Crippen molar-refractivity contribution in [2.45, 2.75) is 13.3 Å². The van der Waals surface area contributed by atoms with E-state index in [1.54, 1.807) is 12.3 Å². The average molecular weight is 359 g/mol. The third kappa shape index (κ3) is 3.72. The molecule has 0 aliphatic heterocycles. The molecule has 0 aliphatic carbocycles. The summed E-state index contributed by atoms with van der Waals surface area (Å²) < 4.78 is 0. The summed E-state index contributed by atoms with van der Waals surface area (Å²) >= 11 is 0. The summed E-state index contributed by atoms with van der Waals surface area (Å²) in [5.41, 5.74) is 3.41. The topological polar surface area (TPSA) is 106 Å². The number of aromatic amines is 1. The molecule has 6 heteroatoms. The van der Waals surface area contributed by atoms with Crippen LogP contribution in [0.25, 0.3) is 17.0 Å². The Kier molecular flexibility index (Phi) is 5.04. The van der Waals surface area contributed by atoms with E-state index in [2.05, 4.69) is 17.2 Å². The van der Waals surface area contributed by atoms with Crippen molar-refractivity contribution in [1.29, 1.82) is 5.26 Å². The molecule has 0 spiro atoms. The van der Waals surface area contributed by atoms with Crippen LogP contribution in [0.5, 0.6) is 0 Å². The second-order valence-electron chi connectivity index (χ2n) is 5.94. The van der Waals surface area contributed by atoms with Crippen molar-refractivity contribution >= 4 is 34.5 Å². The maximum Gasteiger partial charge on any atom is 0.335 e. The molecule has 0 saturated carbocycles. The Morgan fingerprint density at radius 2 is 1.96 bits per heavy atom. The van der Waals surface area contributed by atoms with Gasteiger partial charge < -0.3 is 15.4 Å². The van der Waals surface area contributed by atoms with Gasteiger partial charge in [0.25, 0.3) is 5.91 Å². The first kappa shape index (κ1) is 18.0. The Morgan fingerprint density at radius 3 is 2.59 bits per heavy atom. The number of aromatic carboxylic acids is 1. The van der Waals surface area contributed by atoms with Crippen LogP contribution in [-0.4, -0.2) is 22.0 Å². The van der Waals surface area contributed by atoms with Gasteiger partial charge in [-0.3, -0.25) is 4.79 Å². The Labute approximate surface area is 155 Å². The van der Waals surface area contributed by atoms with Crippen molar-refractivity contribution in [3.63, 3.8) is 0 Å². The summed E-state index contributed by atoms with van der Waals surface area (Å²) in [6.07, 6.45) is 4.19. The van der Waals surface area contributed by atoms with Crippen molar-refractivity contribution in [2.24, 2.45) is 0 Å². The van der Waals surface area contributed by atoms with Crippen molar-refractivity contribution < 1.29 is 14.7 Å². The number of benzene rings is 2. The van der Waals surface area contributed by atoms with Crippen LogP contribution in [0.1, 0.15) is 28.4 Å². The first-order chi connectivity index (χ1) is 13.0. The Bertz CT molecular complexity index is 1090. The predicted molar refractivity (Wildman–Crippen MR) is 103 cm³/mol. The Hall–Kier alpha value is -3.85. The van der Waals surface area contributed by atoms with Crippen LogP contribution in [0, 0.1) is 11.3 Å². The molecule has 3 rings (SSSR count). The van der Waals surface area contributed by atoms with Crippen molar-refractivity contribution in [1.82, 2.24) is 4.98 Å². The minimum atomic E-state index is -1.05. The van der Waals surface area contributed by atoms with Gasteiger partial charge in [-0.2, -0.15) is 5.26 Å². The zero-order chi connectivity index (χ0) is 19.4. The van der Waals surface area contributed by atoms with E-state index in [4.69, 9.17) is 5.11 Å². The highest BCUT2D eigenvalue weighted by molar-refractivity contribution is 6.11. The number of fused-ring (bicyclic) bond motifs is 1. The van der Waals surface area contributed by atoms with Gasteiger partial charge in [-0.15, -0.1) is 0 Å². The molecule has 1 heterocycles. The molecule has 6 nitrogen and oxygen atoms in total. The van der Waals surface area contributed by atoms with Gasteiger partial charge in [-0.1, -0.05) is 25.1 Å². The second-order valence-corrected chi connectivity index (χ2v) is 5.94. The fourth-order valence-electron chi connectivity index (χ4n) is 2.85. The molecule has 0 bridgehead atoms. The summed E-state index contributed by atoms with van der Waals surface area (Å²) in [5, 5.41) is 21.9. The molecular formula is C21H17N3O3. The monoisotopic (exact) mass is 359 g/mol. The number of carboxylic acid groups (broad SMARTS) is 1. The maximum atomic E-state index is 12.4. The first-order valence-electron chi connectivity index (χ1n) is 8.39. The molecule has 0 radical (unpaired) electrons. The number of carboxylic acids is 1. The number of carbonyl (C=O) groups is 2. The minimum absolute atomic E-state index is 0.0416. The summed E-state index contributed by atoms with van der Waals surface area (Å²) in [6, 6.07) is 13.6. The van der Waals surface area contributed by atoms with E-state index in [9.17, 15) is 14.9 Å². The summed E-state index contributed by atoms with van der Waals surface area (Å²) in [7, 11) is 0. The fraction of sp³-hybridized carbons (Fsp3) is 0.0952. The van der Waals surface area contributed by atoms with E-state index in [0.29, 0.717) is 5.69 Å². The van der Waals surface area contributed by atoms with E-state index in [0.717, 1.165) is 28.5 Å². The van der Waals surface area contributed by atoms with Crippen LogP contribution in [0.15, 0.2) is 54.2 Å². The Balaban J connectivity index is 1.87. The van der Waals surface area contributed by atoms with Crippen LogP contribution >= 0.6 is 0 Å². The first-order valence-corrected chi connectivity index (χ1v) is 8.39. The van der Waals surface area contributed by atoms with Crippen LogP contribution in [0.3, 0.4) is 0 Å². The lowest BCUT2D eigenvalue weighted by molar-refractivity contribution is -0.112. The van der Waals surface area contributed by atoms with E-state index in [1.165, 1.54) is 24.3 Å². The third-order valence-corrected chi connectivity index (χ3v) is 4.27. The number of aryl methyl sites for hydroxylation is 1. The molecule has 0 fully saturated rings. The normalized spacial score (nSPS) is 11.2. The van der Waals surface area contributed by atoms with Gasteiger partial charge >= 0.3 is 5.97 Å². The Morgan fingerprint density at radius 1 is 1.22 bits per heavy atom. The number of nitrogens with zero attached hydrogens (tertiary/aromatic N) is 1. The van der Waals surface area contributed by atoms with E-state index in [-0.39, 0.29) is 11.1 Å². The quantitative estimate of drug-likeness (QED) is 0.473. The average Bonchev–Trinajstić information content (AvgIpc) is 3.09. The molecule has 0 saturated heterocycles. The number of para-hydroxylation sites is 1. The molecule has 2 aromatic carbocycles. The van der Waals surface area contributed by atoms with Gasteiger partial charge in [0.1, 0.15) is 11.6 Å². The molecular weight excluding hydrogens is 342 g/mol. The van der Waals surface area contributed by atoms with Crippen LogP contribution in [0.2, 0.25) is 0 Å².